The second kappa shape index (κ2) is 18.1. The molecule has 3 aromatic carbocycles. The summed E-state index contributed by atoms with van der Waals surface area (Å²) >= 11 is 0. The highest BCUT2D eigenvalue weighted by Crippen LogP contribution is 2.29. The summed E-state index contributed by atoms with van der Waals surface area (Å²) in [6.07, 6.45) is 1.11. The number of hydrogen-bond donors (Lipinski definition) is 6. The van der Waals surface area contributed by atoms with Crippen LogP contribution in [-0.4, -0.2) is 78.0 Å². The van der Waals surface area contributed by atoms with Gasteiger partial charge in [-0.3, -0.25) is 9.36 Å². The fraction of sp³-hybridized carbons (Fsp3) is 0.257. The van der Waals surface area contributed by atoms with Crippen LogP contribution < -0.4 is 5.56 Å². The third-order valence-corrected chi connectivity index (χ3v) is 7.29. The summed E-state index contributed by atoms with van der Waals surface area (Å²) in [4.78, 5) is 43.1. The number of aliphatic hydroxyl groups excluding tert-OH is 3. The molecule has 2 aliphatic rings. The van der Waals surface area contributed by atoms with Crippen LogP contribution in [0.15, 0.2) is 108 Å². The molecular weight excluding hydrogens is 610 g/mol. The molecule has 0 spiro atoms. The third kappa shape index (κ3) is 10.4. The molecule has 1 aliphatic carbocycles. The van der Waals surface area contributed by atoms with Gasteiger partial charge in [-0.05, 0) is 73.7 Å². The van der Waals surface area contributed by atoms with Gasteiger partial charge in [-0.15, -0.1) is 0 Å². The van der Waals surface area contributed by atoms with Crippen molar-refractivity contribution in [2.75, 3.05) is 6.61 Å². The molecule has 12 nitrogen and oxygen atoms in total. The zero-order valence-electron chi connectivity index (χ0n) is 25.3. The molecule has 1 fully saturated rings. The molecule has 0 amide bonds. The Balaban J connectivity index is 0.000000187. The predicted octanol–water partition coefficient (Wildman–Crippen LogP) is 3.49. The van der Waals surface area contributed by atoms with Gasteiger partial charge in [0.2, 0.25) is 0 Å². The fourth-order valence-corrected chi connectivity index (χ4v) is 4.80. The minimum atomic E-state index is -1.22. The fourth-order valence-electron chi connectivity index (χ4n) is 4.80. The van der Waals surface area contributed by atoms with E-state index < -0.39 is 49.1 Å². The van der Waals surface area contributed by atoms with Crippen LogP contribution in [0.1, 0.15) is 61.3 Å². The second-order valence-electron chi connectivity index (χ2n) is 10.5. The van der Waals surface area contributed by atoms with Crippen LogP contribution in [0, 0.1) is 0 Å². The number of aliphatic hydroxyl groups is 3. The molecule has 1 aliphatic heterocycles. The Morgan fingerprint density at radius 3 is 1.45 bits per heavy atom. The van der Waals surface area contributed by atoms with Crippen molar-refractivity contribution in [1.82, 2.24) is 4.57 Å². The maximum absolute atomic E-state index is 12.5. The number of benzene rings is 3. The molecule has 0 bridgehead atoms. The molecule has 4 atom stereocenters. The number of ether oxygens (including phenoxy) is 1. The van der Waals surface area contributed by atoms with E-state index in [4.69, 9.17) is 25.2 Å². The Bertz CT molecular complexity index is 1530. The lowest BCUT2D eigenvalue weighted by atomic mass is 9.93. The molecule has 47 heavy (non-hydrogen) atoms. The summed E-state index contributed by atoms with van der Waals surface area (Å²) in [7, 11) is 0. The van der Waals surface area contributed by atoms with Crippen molar-refractivity contribution < 1.29 is 49.8 Å². The average molecular weight is 648 g/mol. The first kappa shape index (κ1) is 36.3. The van der Waals surface area contributed by atoms with Crippen molar-refractivity contribution in [1.29, 1.82) is 0 Å². The van der Waals surface area contributed by atoms with E-state index in [1.165, 1.54) is 4.57 Å². The summed E-state index contributed by atoms with van der Waals surface area (Å²) < 4.78 is 6.73. The number of hydrogen-bond acceptors (Lipinski definition) is 8. The first-order valence-corrected chi connectivity index (χ1v) is 14.8. The third-order valence-electron chi connectivity index (χ3n) is 7.29. The van der Waals surface area contributed by atoms with Crippen LogP contribution in [0.3, 0.4) is 0 Å². The Labute approximate surface area is 270 Å². The molecule has 248 valence electrons. The maximum atomic E-state index is 12.5. The van der Waals surface area contributed by atoms with Gasteiger partial charge in [0, 0.05) is 11.8 Å². The second-order valence-corrected chi connectivity index (χ2v) is 10.5. The number of fused-ring (bicyclic) bond motifs is 1. The minimum absolute atomic E-state index is 0.169. The molecule has 6 rings (SSSR count). The lowest BCUT2D eigenvalue weighted by molar-refractivity contribution is -0.0545. The molecule has 1 aromatic heterocycles. The lowest BCUT2D eigenvalue weighted by Crippen LogP contribution is -2.36. The minimum Gasteiger partial charge on any atom is -0.478 e. The van der Waals surface area contributed by atoms with Gasteiger partial charge in [-0.1, -0.05) is 54.6 Å². The number of carboxylic acid groups (broad SMARTS) is 3. The number of aryl methyl sites for hydroxylation is 1. The molecule has 0 saturated carbocycles. The van der Waals surface area contributed by atoms with Gasteiger partial charge >= 0.3 is 17.9 Å². The van der Waals surface area contributed by atoms with E-state index >= 15 is 0 Å². The Morgan fingerprint density at radius 2 is 1.09 bits per heavy atom. The number of carbonyl (C=O) groups is 3. The van der Waals surface area contributed by atoms with Crippen molar-refractivity contribution in [3.8, 4) is 0 Å². The van der Waals surface area contributed by atoms with E-state index in [1.807, 2.05) is 6.07 Å². The highest BCUT2D eigenvalue weighted by molar-refractivity contribution is 5.88. The molecule has 0 unspecified atom stereocenters. The SMILES string of the molecule is O=C(O)c1ccccc1.O=C(O)c1ccccc1.O=C(O)c1ccccc1.O=c1c2c(ccn1[C@@H]1O[C@H](CO)[C@@H](O)[C@H]1O)CCCC2. The van der Waals surface area contributed by atoms with E-state index in [0.29, 0.717) is 16.7 Å². The average Bonchev–Trinajstić information content (AvgIpc) is 3.39. The number of nitrogens with zero attached hydrogens (tertiary/aromatic N) is 1. The zero-order chi connectivity index (χ0) is 34.3. The predicted molar refractivity (Wildman–Crippen MR) is 171 cm³/mol. The van der Waals surface area contributed by atoms with Crippen molar-refractivity contribution in [3.63, 3.8) is 0 Å². The highest BCUT2D eigenvalue weighted by Gasteiger charge is 2.43. The number of carboxylic acids is 3. The maximum Gasteiger partial charge on any atom is 0.335 e. The van der Waals surface area contributed by atoms with Crippen LogP contribution in [0.25, 0.3) is 0 Å². The van der Waals surface area contributed by atoms with Gasteiger partial charge in [-0.25, -0.2) is 14.4 Å². The Hall–Kier alpha value is -5.14. The van der Waals surface area contributed by atoms with Gasteiger partial charge < -0.3 is 35.4 Å². The number of rotatable bonds is 5. The van der Waals surface area contributed by atoms with Crippen molar-refractivity contribution >= 4 is 17.9 Å². The van der Waals surface area contributed by atoms with Gasteiger partial charge in [0.1, 0.15) is 18.3 Å². The number of aromatic carboxylic acids is 3. The van der Waals surface area contributed by atoms with E-state index in [0.717, 1.165) is 36.8 Å². The molecule has 4 aromatic rings. The summed E-state index contributed by atoms with van der Waals surface area (Å²) in [6.45, 7) is -0.394. The highest BCUT2D eigenvalue weighted by atomic mass is 16.6. The molecule has 1 saturated heterocycles. The van der Waals surface area contributed by atoms with Gasteiger partial charge in [0.25, 0.3) is 5.56 Å². The summed E-state index contributed by atoms with van der Waals surface area (Å²) in [5, 5.41) is 54.0. The normalized spacial score (nSPS) is 19.2. The van der Waals surface area contributed by atoms with Crippen LogP contribution in [0.5, 0.6) is 0 Å². The lowest BCUT2D eigenvalue weighted by Gasteiger charge is -2.21. The zero-order valence-corrected chi connectivity index (χ0v) is 25.3. The molecule has 12 heteroatoms. The smallest absolute Gasteiger partial charge is 0.335 e. The first-order valence-electron chi connectivity index (χ1n) is 14.8. The Kier molecular flexibility index (Phi) is 14.0. The quantitative estimate of drug-likeness (QED) is 0.185. The standard InChI is InChI=1S/C14H19NO5.3C7H6O2/c16-7-10-11(17)12(18)14(20-10)15-6-5-8-3-1-2-4-9(8)13(15)19;3*8-7(9)6-4-2-1-3-5-6/h5-6,10-12,14,16-18H,1-4,7H2;3*1-5H,(H,8,9)/t10-,11-,12-,14-;;;/m1.../s1. The van der Waals surface area contributed by atoms with Gasteiger partial charge in [0.15, 0.2) is 6.23 Å². The number of aromatic nitrogens is 1. The molecule has 2 heterocycles. The molecule has 0 radical (unpaired) electrons. The van der Waals surface area contributed by atoms with E-state index in [9.17, 15) is 29.4 Å². The van der Waals surface area contributed by atoms with Crippen molar-refractivity contribution in [2.24, 2.45) is 0 Å². The summed E-state index contributed by atoms with van der Waals surface area (Å²) in [5.41, 5.74) is 2.66. The van der Waals surface area contributed by atoms with Crippen LogP contribution in [-0.2, 0) is 17.6 Å². The molecular formula is C35H37NO11. The molecule has 6 N–H and O–H groups in total. The Morgan fingerprint density at radius 1 is 0.660 bits per heavy atom. The largest absolute Gasteiger partial charge is 0.478 e. The summed E-state index contributed by atoms with van der Waals surface area (Å²) in [5.74, 6) is -2.64. The van der Waals surface area contributed by atoms with E-state index in [2.05, 4.69) is 0 Å². The monoisotopic (exact) mass is 647 g/mol. The van der Waals surface area contributed by atoms with Crippen LogP contribution in [0.2, 0.25) is 0 Å². The van der Waals surface area contributed by atoms with Gasteiger partial charge in [0.05, 0.1) is 23.3 Å². The van der Waals surface area contributed by atoms with E-state index in [1.54, 1.807) is 97.2 Å². The van der Waals surface area contributed by atoms with Crippen molar-refractivity contribution in [3.05, 3.63) is 141 Å². The summed E-state index contributed by atoms with van der Waals surface area (Å²) in [6, 6.07) is 26.8. The van der Waals surface area contributed by atoms with E-state index in [-0.39, 0.29) is 5.56 Å². The topological polar surface area (TPSA) is 204 Å². The van der Waals surface area contributed by atoms with Crippen LogP contribution >= 0.6 is 0 Å². The first-order chi connectivity index (χ1) is 22.5. The van der Waals surface area contributed by atoms with Crippen LogP contribution in [0.4, 0.5) is 0 Å². The van der Waals surface area contributed by atoms with Crippen molar-refractivity contribution in [2.45, 2.75) is 50.2 Å². The van der Waals surface area contributed by atoms with Gasteiger partial charge in [-0.2, -0.15) is 0 Å². The number of pyridine rings is 1.